The monoisotopic (exact) mass is 2020 g/mol. The highest BCUT2D eigenvalue weighted by molar-refractivity contribution is 7.22. The minimum Gasteiger partial charge on any atom is -0.487 e. The number of hydroxylamine groups is 2. The van der Waals surface area contributed by atoms with E-state index < -0.39 is 34.7 Å². The molecule has 1 N–H and O–H groups in total. The molecule has 37 nitrogen and oxygen atoms in total. The van der Waals surface area contributed by atoms with Gasteiger partial charge in [-0.1, -0.05) is 64.2 Å². The van der Waals surface area contributed by atoms with Crippen LogP contribution in [0.4, 0.5) is 17.1 Å². The number of carbonyl (C=O) groups excluding carboxylic acids is 4. The van der Waals surface area contributed by atoms with Gasteiger partial charge in [-0.3, -0.25) is 14.4 Å². The number of fused-ring (bicyclic) bond motifs is 6. The fourth-order valence-electron chi connectivity index (χ4n) is 16.0. The maximum Gasteiger partial charge on any atom is 0.363 e. The number of carbonyl (C=O) groups is 4. The van der Waals surface area contributed by atoms with Gasteiger partial charge in [-0.15, -0.1) is 54.4 Å². The molecule has 1 fully saturated rings. The van der Waals surface area contributed by atoms with E-state index in [1.165, 1.54) is 53.1 Å². The van der Waals surface area contributed by atoms with E-state index in [-0.39, 0.29) is 82.1 Å². The summed E-state index contributed by atoms with van der Waals surface area (Å²) in [4.78, 5) is 111. The fourth-order valence-corrected chi connectivity index (χ4v) is 18.9. The Morgan fingerprint density at radius 3 is 1.09 bits per heavy atom. The summed E-state index contributed by atoms with van der Waals surface area (Å²) < 4.78 is 80.9. The third kappa shape index (κ3) is 26.6. The van der Waals surface area contributed by atoms with E-state index in [0.717, 1.165) is 92.1 Å². The number of hydrogen-bond donors (Lipinski definition) is 1. The molecule has 0 spiro atoms. The second kappa shape index (κ2) is 48.5. The van der Waals surface area contributed by atoms with Gasteiger partial charge in [0.2, 0.25) is 11.7 Å². The number of aryl methyl sites for hydroxylation is 1. The van der Waals surface area contributed by atoms with Crippen LogP contribution in [0.1, 0.15) is 99.9 Å². The van der Waals surface area contributed by atoms with Crippen LogP contribution < -0.4 is 51.1 Å². The minimum atomic E-state index is -0.773. The predicted octanol–water partition coefficient (Wildman–Crippen LogP) is 16.0. The van der Waals surface area contributed by atoms with Crippen LogP contribution in [0.25, 0.3) is 95.3 Å². The van der Waals surface area contributed by atoms with Crippen molar-refractivity contribution >= 4 is 138 Å². The summed E-state index contributed by atoms with van der Waals surface area (Å²) in [6.07, 6.45) is 5.85. The van der Waals surface area contributed by atoms with Crippen LogP contribution in [-0.4, -0.2) is 206 Å². The van der Waals surface area contributed by atoms with Crippen LogP contribution in [0.3, 0.4) is 0 Å². The summed E-state index contributed by atoms with van der Waals surface area (Å²) >= 11 is 4.40. The van der Waals surface area contributed by atoms with Crippen molar-refractivity contribution in [3.05, 3.63) is 266 Å². The van der Waals surface area contributed by atoms with Crippen LogP contribution in [0, 0.1) is 6.92 Å². The lowest BCUT2D eigenvalue weighted by molar-refractivity contribution is -0.172. The molecule has 3 amide bonds. The van der Waals surface area contributed by atoms with Crippen LogP contribution in [0.2, 0.25) is 0 Å². The highest BCUT2D eigenvalue weighted by atomic mass is 32.1. The van der Waals surface area contributed by atoms with E-state index >= 15 is 0 Å². The average Bonchev–Trinajstić information content (AvgIpc) is 1.71. The number of rotatable bonds is 49. The topological polar surface area (TPSA) is 407 Å². The Morgan fingerprint density at radius 2 is 0.745 bits per heavy atom. The van der Waals surface area contributed by atoms with Crippen LogP contribution in [0.15, 0.2) is 228 Å². The van der Waals surface area contributed by atoms with Crippen molar-refractivity contribution in [3.8, 4) is 49.0 Å². The number of para-hydroxylation sites is 3. The zero-order valence-electron chi connectivity index (χ0n) is 81.3. The Hall–Kier alpha value is -14.9. The van der Waals surface area contributed by atoms with Crippen molar-refractivity contribution in [1.29, 1.82) is 0 Å². The van der Waals surface area contributed by atoms with E-state index in [9.17, 15) is 33.6 Å². The van der Waals surface area contributed by atoms with Gasteiger partial charge in [-0.2, -0.15) is 0 Å². The first kappa shape index (κ1) is 102. The normalized spacial score (nSPS) is 12.2. The summed E-state index contributed by atoms with van der Waals surface area (Å²) in [5, 5.41) is 34.0. The molecular formula is C105H109N17O20S3. The summed E-state index contributed by atoms with van der Waals surface area (Å²) in [5.74, 6) is -0.569. The molecule has 0 radical (unpaired) electrons. The molecule has 18 rings (SSSR count). The van der Waals surface area contributed by atoms with Gasteiger partial charge in [0.05, 0.1) is 190 Å². The van der Waals surface area contributed by atoms with Crippen molar-refractivity contribution in [2.24, 2.45) is 0 Å². The molecule has 145 heavy (non-hydrogen) atoms. The molecule has 0 unspecified atom stereocenters. The Morgan fingerprint density at radius 1 is 0.407 bits per heavy atom. The molecule has 9 aromatic heterocycles. The van der Waals surface area contributed by atoms with Crippen LogP contribution in [-0.2, 0) is 93.5 Å². The first-order valence-electron chi connectivity index (χ1n) is 47.7. The number of nitrogens with zero attached hydrogens (tertiary/aromatic N) is 16. The van der Waals surface area contributed by atoms with Crippen molar-refractivity contribution in [3.63, 3.8) is 0 Å². The van der Waals surface area contributed by atoms with Crippen LogP contribution >= 0.6 is 34.0 Å². The quantitative estimate of drug-likeness (QED) is 0.0210. The van der Waals surface area contributed by atoms with Gasteiger partial charge in [0.15, 0.2) is 11.5 Å². The highest BCUT2D eigenvalue weighted by Gasteiger charge is 2.34. The van der Waals surface area contributed by atoms with Gasteiger partial charge in [0.1, 0.15) is 68.7 Å². The molecule has 40 heteroatoms. The molecule has 17 aromatic rings. The molecule has 752 valence electrons. The SMILES string of the molecule is CC(=O)NCc1ccc(C(=O)ON2C(=O)CCC2=O)cc1.Cc1cc(OCCOCCOCCn2cc(CN(c3ccc4cc(-c5nc6ccccc6s5)c(=O)oc4c3)C(C)C)nn2)c(OCCOCCOCCn2cc(CN(c3ccc4cc(-c5nc6ccccc6s5)c(=O)oc4c3)C(C)C)nn2)c(OCCOCCOCCn2cc(CN(c3ccc4cc(-c5nc6ccccc6s5)c(=O)oc4c3)C(C)C)nn2)c1. The number of amides is 3. The molecule has 1 aliphatic heterocycles. The van der Waals surface area contributed by atoms with E-state index in [4.69, 9.17) is 60.7 Å². The zero-order valence-corrected chi connectivity index (χ0v) is 83.7. The lowest BCUT2D eigenvalue weighted by Gasteiger charge is -2.28. The van der Waals surface area contributed by atoms with Crippen LogP contribution in [0.5, 0.6) is 17.2 Å². The zero-order chi connectivity index (χ0) is 101. The van der Waals surface area contributed by atoms with Gasteiger partial charge in [0.25, 0.3) is 11.8 Å². The number of imide groups is 1. The maximum absolute atomic E-state index is 13.3. The van der Waals surface area contributed by atoms with E-state index in [1.54, 1.807) is 26.2 Å². The Labute approximate surface area is 844 Å². The number of aromatic nitrogens is 12. The third-order valence-electron chi connectivity index (χ3n) is 23.4. The second-order valence-corrected chi connectivity index (χ2v) is 38.0. The predicted molar refractivity (Wildman–Crippen MR) is 550 cm³/mol. The Kier molecular flexibility index (Phi) is 34.0. The lowest BCUT2D eigenvalue weighted by atomic mass is 10.1. The number of nitrogens with one attached hydrogen (secondary N) is 1. The van der Waals surface area contributed by atoms with Gasteiger partial charge >= 0.3 is 22.8 Å². The van der Waals surface area contributed by atoms with E-state index in [0.29, 0.717) is 176 Å². The Balaban J connectivity index is 0.000000608. The van der Waals surface area contributed by atoms with Gasteiger partial charge in [0, 0.05) is 95.9 Å². The molecule has 0 saturated carbocycles. The molecule has 1 aliphatic rings. The molecule has 8 aromatic carbocycles. The molecule has 0 aliphatic carbocycles. The average molecular weight is 2030 g/mol. The van der Waals surface area contributed by atoms with Gasteiger partial charge in [-0.25, -0.2) is 48.2 Å². The number of ether oxygens (including phenoxy) is 9. The fraction of sp³-hybridized carbons (Fsp3) is 0.333. The maximum atomic E-state index is 13.3. The standard InChI is InChI=1S/C91H95N15O15S3.C14H14N2O5/c1-58(2)104(68-23-20-62-46-71(89(107)119-77(62)49-68)86-92-74-14-8-11-17-82(74)122-86)55-65-52-101(98-95-65)26-29-110-32-35-113-38-41-116-80-44-61(7)45-81(117-42-39-114-36-33-111-30-27-102-53-66(96-99-102)56-105(59(3)4)69-24-21-63-47-72(90(108)120-78(63)50-69)87-93-75-15-9-12-18-83(75)123-87)85(80)118-43-40-115-37-34-112-31-28-103-54-67(97-100-103)57-106(60(5)6)70-25-22-64-48-73(91(109)121-79(64)51-70)88-94-76-16-10-13-19-84(76)124-88;1-9(17)15-8-10-2-4-11(5-3-10)14(20)21-16-12(18)6-7-13(16)19/h8-25,44-54,58-60H,26-43,55-57H2,1-7H3;2-5H,6-8H2,1H3,(H,15,17). The molecule has 1 saturated heterocycles. The highest BCUT2D eigenvalue weighted by Crippen LogP contribution is 2.41. The van der Waals surface area contributed by atoms with Gasteiger partial charge in [-0.05, 0) is 175 Å². The summed E-state index contributed by atoms with van der Waals surface area (Å²) in [7, 11) is 0. The first-order valence-corrected chi connectivity index (χ1v) is 50.1. The van der Waals surface area contributed by atoms with Gasteiger partial charge < -0.3 is 80.7 Å². The molecule has 0 bridgehead atoms. The van der Waals surface area contributed by atoms with Crippen molar-refractivity contribution in [2.45, 2.75) is 132 Å². The number of anilines is 3. The number of thiazole rings is 3. The molecular weight excluding hydrogens is 1920 g/mol. The minimum absolute atomic E-state index is 0.0573. The van der Waals surface area contributed by atoms with E-state index in [1.807, 2.05) is 183 Å². The number of benzene rings is 8. The van der Waals surface area contributed by atoms with Crippen molar-refractivity contribution < 1.29 is 79.9 Å². The summed E-state index contributed by atoms with van der Waals surface area (Å²) in [6.45, 7) is 23.9. The second-order valence-electron chi connectivity index (χ2n) is 34.9. The summed E-state index contributed by atoms with van der Waals surface area (Å²) in [5.41, 5.74) is 10.9. The number of hydrogen-bond acceptors (Lipinski definition) is 35. The molecule has 10 heterocycles. The summed E-state index contributed by atoms with van der Waals surface area (Å²) in [6, 6.07) is 57.1. The smallest absolute Gasteiger partial charge is 0.363 e. The van der Waals surface area contributed by atoms with E-state index in [2.05, 4.69) is 107 Å². The van der Waals surface area contributed by atoms with Crippen molar-refractivity contribution in [2.75, 3.05) is 114 Å². The Bertz CT molecular complexity index is 7200. The third-order valence-corrected chi connectivity index (χ3v) is 26.6. The lowest BCUT2D eigenvalue weighted by Crippen LogP contribution is -2.32. The molecule has 0 atom stereocenters. The largest absolute Gasteiger partial charge is 0.487 e. The first-order chi connectivity index (χ1) is 70.5. The van der Waals surface area contributed by atoms with Crippen molar-refractivity contribution in [1.82, 2.24) is 70.3 Å².